The molecule has 31 heavy (non-hydrogen) atoms. The molecule has 0 aromatic heterocycles. The largest absolute Gasteiger partial charge is 0.343 e. The molecular weight excluding hydrogens is 394 g/mol. The predicted molar refractivity (Wildman–Crippen MR) is 121 cm³/mol. The molecule has 2 rings (SSSR count). The Balaban J connectivity index is 2.08. The van der Waals surface area contributed by atoms with Crippen molar-refractivity contribution < 1.29 is 14.4 Å². The van der Waals surface area contributed by atoms with Crippen molar-refractivity contribution in [1.29, 1.82) is 0 Å². The molecule has 3 amide bonds. The van der Waals surface area contributed by atoms with Gasteiger partial charge in [-0.15, -0.1) is 0 Å². The highest BCUT2D eigenvalue weighted by Crippen LogP contribution is 2.21. The molecule has 1 heterocycles. The van der Waals surface area contributed by atoms with Crippen molar-refractivity contribution in [2.45, 2.75) is 58.2 Å². The van der Waals surface area contributed by atoms with Crippen LogP contribution in [-0.2, 0) is 20.8 Å². The minimum atomic E-state index is -0.681. The Morgan fingerprint density at radius 2 is 1.87 bits per heavy atom. The average Bonchev–Trinajstić information content (AvgIpc) is 3.22. The van der Waals surface area contributed by atoms with E-state index in [-0.39, 0.29) is 36.2 Å². The second-order valence-corrected chi connectivity index (χ2v) is 8.63. The van der Waals surface area contributed by atoms with Gasteiger partial charge < -0.3 is 26.6 Å². The predicted octanol–water partition coefficient (Wildman–Crippen LogP) is 0.495. The van der Waals surface area contributed by atoms with Gasteiger partial charge in [0.2, 0.25) is 17.7 Å². The molecule has 0 aliphatic carbocycles. The third-order valence-electron chi connectivity index (χ3n) is 5.78. The van der Waals surface area contributed by atoms with Crippen molar-refractivity contribution >= 4 is 17.7 Å². The topological polar surface area (TPSA) is 122 Å². The lowest BCUT2D eigenvalue weighted by atomic mass is 10.0. The van der Waals surface area contributed by atoms with Crippen LogP contribution in [0.3, 0.4) is 0 Å². The van der Waals surface area contributed by atoms with Crippen LogP contribution in [0.15, 0.2) is 30.3 Å². The fourth-order valence-electron chi connectivity index (χ4n) is 3.90. The van der Waals surface area contributed by atoms with Gasteiger partial charge in [0, 0.05) is 25.7 Å². The van der Waals surface area contributed by atoms with Crippen LogP contribution in [0.1, 0.15) is 39.2 Å². The van der Waals surface area contributed by atoms with Gasteiger partial charge in [-0.2, -0.15) is 0 Å². The van der Waals surface area contributed by atoms with Gasteiger partial charge in [0.1, 0.15) is 6.04 Å². The quantitative estimate of drug-likeness (QED) is 0.498. The van der Waals surface area contributed by atoms with Gasteiger partial charge in [0.15, 0.2) is 0 Å². The number of rotatable bonds is 10. The van der Waals surface area contributed by atoms with Gasteiger partial charge in [0.05, 0.1) is 12.6 Å². The van der Waals surface area contributed by atoms with Crippen molar-refractivity contribution in [3.05, 3.63) is 35.9 Å². The second kappa shape index (κ2) is 11.8. The Morgan fingerprint density at radius 1 is 1.19 bits per heavy atom. The fourth-order valence-corrected chi connectivity index (χ4v) is 3.90. The van der Waals surface area contributed by atoms with Gasteiger partial charge in [-0.3, -0.25) is 14.4 Å². The molecule has 0 radical (unpaired) electrons. The number of benzene rings is 1. The zero-order valence-electron chi connectivity index (χ0n) is 18.9. The lowest BCUT2D eigenvalue weighted by molar-refractivity contribution is -0.140. The zero-order chi connectivity index (χ0) is 23.0. The molecule has 1 aliphatic rings. The van der Waals surface area contributed by atoms with Crippen LogP contribution in [0.5, 0.6) is 0 Å². The first-order valence-corrected chi connectivity index (χ1v) is 11.1. The maximum atomic E-state index is 13.3. The van der Waals surface area contributed by atoms with Crippen LogP contribution in [0.25, 0.3) is 0 Å². The first-order chi connectivity index (χ1) is 14.7. The van der Waals surface area contributed by atoms with Gasteiger partial charge in [-0.1, -0.05) is 44.2 Å². The molecule has 1 aromatic rings. The Hall–Kier alpha value is -2.45. The van der Waals surface area contributed by atoms with Crippen molar-refractivity contribution in [1.82, 2.24) is 15.1 Å². The molecule has 3 atom stereocenters. The molecule has 172 valence electrons. The van der Waals surface area contributed by atoms with Gasteiger partial charge in [0.25, 0.3) is 0 Å². The number of carbonyl (C=O) groups is 3. The van der Waals surface area contributed by atoms with Crippen LogP contribution >= 0.6 is 0 Å². The Morgan fingerprint density at radius 3 is 2.45 bits per heavy atom. The van der Waals surface area contributed by atoms with Crippen LogP contribution < -0.4 is 16.8 Å². The Bertz CT molecular complexity index is 738. The number of nitrogens with zero attached hydrogens (tertiary/aromatic N) is 2. The SMILES string of the molecule is CC(C)[C@H](NC(=O)[C@H](C)N)C(=O)N1CCC[C@H]1CN(CCc1ccccc1)C(=O)CN. The van der Waals surface area contributed by atoms with Crippen LogP contribution in [0, 0.1) is 5.92 Å². The molecule has 0 bridgehead atoms. The van der Waals surface area contributed by atoms with Gasteiger partial charge in [-0.05, 0) is 37.7 Å². The highest BCUT2D eigenvalue weighted by molar-refractivity contribution is 5.90. The molecule has 5 N–H and O–H groups in total. The number of amides is 3. The Labute approximate surface area is 185 Å². The summed E-state index contributed by atoms with van der Waals surface area (Å²) in [5, 5.41) is 2.79. The summed E-state index contributed by atoms with van der Waals surface area (Å²) in [7, 11) is 0. The number of hydrogen-bond acceptors (Lipinski definition) is 5. The lowest BCUT2D eigenvalue weighted by Gasteiger charge is -2.34. The first-order valence-electron chi connectivity index (χ1n) is 11.1. The zero-order valence-corrected chi connectivity index (χ0v) is 18.9. The van der Waals surface area contributed by atoms with Gasteiger partial charge in [-0.25, -0.2) is 0 Å². The number of likely N-dealkylation sites (tertiary alicyclic amines) is 1. The highest BCUT2D eigenvalue weighted by Gasteiger charge is 2.36. The van der Waals surface area contributed by atoms with Crippen molar-refractivity contribution in [2.75, 3.05) is 26.2 Å². The van der Waals surface area contributed by atoms with Crippen LogP contribution in [0.2, 0.25) is 0 Å². The summed E-state index contributed by atoms with van der Waals surface area (Å²) >= 11 is 0. The van der Waals surface area contributed by atoms with E-state index in [2.05, 4.69) is 5.32 Å². The first kappa shape index (κ1) is 24.8. The van der Waals surface area contributed by atoms with Crippen molar-refractivity contribution in [3.8, 4) is 0 Å². The van der Waals surface area contributed by atoms with E-state index in [9.17, 15) is 14.4 Å². The van der Waals surface area contributed by atoms with Crippen LogP contribution in [0.4, 0.5) is 0 Å². The third kappa shape index (κ3) is 7.04. The monoisotopic (exact) mass is 431 g/mol. The molecule has 0 unspecified atom stereocenters. The highest BCUT2D eigenvalue weighted by atomic mass is 16.2. The minimum Gasteiger partial charge on any atom is -0.343 e. The van der Waals surface area contributed by atoms with Crippen LogP contribution in [-0.4, -0.2) is 71.8 Å². The summed E-state index contributed by atoms with van der Waals surface area (Å²) in [4.78, 5) is 41.5. The van der Waals surface area contributed by atoms with Crippen molar-refractivity contribution in [3.63, 3.8) is 0 Å². The van der Waals surface area contributed by atoms with E-state index < -0.39 is 12.1 Å². The smallest absolute Gasteiger partial charge is 0.245 e. The normalized spacial score (nSPS) is 18.0. The molecule has 8 nitrogen and oxygen atoms in total. The maximum Gasteiger partial charge on any atom is 0.245 e. The van der Waals surface area contributed by atoms with Gasteiger partial charge >= 0.3 is 0 Å². The second-order valence-electron chi connectivity index (χ2n) is 8.63. The number of nitrogens with two attached hydrogens (primary N) is 2. The fraction of sp³-hybridized carbons (Fsp3) is 0.609. The van der Waals surface area contributed by atoms with E-state index in [1.165, 1.54) is 0 Å². The molecular formula is C23H37N5O3. The van der Waals surface area contributed by atoms with E-state index in [1.54, 1.807) is 11.8 Å². The van der Waals surface area contributed by atoms with E-state index >= 15 is 0 Å². The summed E-state index contributed by atoms with van der Waals surface area (Å²) in [6.07, 6.45) is 2.41. The number of nitrogens with one attached hydrogen (secondary N) is 1. The minimum absolute atomic E-state index is 0.0610. The van der Waals surface area contributed by atoms with E-state index in [4.69, 9.17) is 11.5 Å². The Kier molecular flexibility index (Phi) is 9.45. The number of hydrogen-bond donors (Lipinski definition) is 3. The maximum absolute atomic E-state index is 13.3. The molecule has 0 spiro atoms. The molecule has 1 aromatic carbocycles. The number of carbonyl (C=O) groups excluding carboxylic acids is 3. The molecule has 8 heteroatoms. The molecule has 1 aliphatic heterocycles. The summed E-state index contributed by atoms with van der Waals surface area (Å²) in [5.74, 6) is -0.655. The molecule has 1 fully saturated rings. The standard InChI is InChI=1S/C23H37N5O3/c1-16(2)21(26-22(30)17(3)25)23(31)28-12-7-10-19(28)15-27(20(29)14-24)13-11-18-8-5-4-6-9-18/h4-6,8-9,16-17,19,21H,7,10-15,24-25H2,1-3H3,(H,26,30)/t17-,19-,21-/m0/s1. The van der Waals surface area contributed by atoms with E-state index in [0.717, 1.165) is 24.8 Å². The lowest BCUT2D eigenvalue weighted by Crippen LogP contribution is -2.56. The molecule has 1 saturated heterocycles. The summed E-state index contributed by atoms with van der Waals surface area (Å²) in [6.45, 7) is 6.95. The van der Waals surface area contributed by atoms with E-state index in [1.807, 2.05) is 49.1 Å². The molecule has 0 saturated carbocycles. The van der Waals surface area contributed by atoms with Crippen molar-refractivity contribution in [2.24, 2.45) is 17.4 Å². The summed E-state index contributed by atoms with van der Waals surface area (Å²) in [6, 6.07) is 8.57. The van der Waals surface area contributed by atoms with E-state index in [0.29, 0.717) is 19.6 Å². The summed E-state index contributed by atoms with van der Waals surface area (Å²) in [5.41, 5.74) is 12.5. The average molecular weight is 432 g/mol. The summed E-state index contributed by atoms with van der Waals surface area (Å²) < 4.78 is 0. The third-order valence-corrected chi connectivity index (χ3v) is 5.78.